The van der Waals surface area contributed by atoms with Crippen LogP contribution in [0.5, 0.6) is 11.5 Å². The van der Waals surface area contributed by atoms with Crippen LogP contribution in [0, 0.1) is 0 Å². The number of benzene rings is 1. The number of ether oxygens (including phenoxy) is 3. The van der Waals surface area contributed by atoms with Crippen molar-refractivity contribution >= 4 is 5.96 Å². The lowest BCUT2D eigenvalue weighted by molar-refractivity contribution is 0.0530. The molecule has 4 rings (SSSR count). The molecule has 0 amide bonds. The molecule has 2 aliphatic heterocycles. The molecular formula is C19H27N3O3. The fraction of sp³-hybridized carbons (Fsp3) is 0.632. The lowest BCUT2D eigenvalue weighted by Crippen LogP contribution is -2.42. The van der Waals surface area contributed by atoms with Crippen LogP contribution >= 0.6 is 0 Å². The standard InChI is InChI=1S/C19H27N3O3/c1-2-20-18(22-15-4-5-15)21-12-19(7-9-23-10-8-19)14-3-6-16-17(11-14)25-13-24-16/h3,6,11,15H,2,4-5,7-10,12-13H2,1H3,(H2,20,21,22). The second-order valence-corrected chi connectivity index (χ2v) is 7.07. The molecule has 0 radical (unpaired) electrons. The number of nitrogens with one attached hydrogen (secondary N) is 2. The van der Waals surface area contributed by atoms with E-state index in [0.717, 1.165) is 56.6 Å². The molecule has 2 N–H and O–H groups in total. The summed E-state index contributed by atoms with van der Waals surface area (Å²) in [6.45, 7) is 5.58. The van der Waals surface area contributed by atoms with Gasteiger partial charge in [-0.3, -0.25) is 4.99 Å². The Bertz CT molecular complexity index is 637. The highest BCUT2D eigenvalue weighted by Crippen LogP contribution is 2.41. The molecule has 1 saturated carbocycles. The highest BCUT2D eigenvalue weighted by Gasteiger charge is 2.36. The lowest BCUT2D eigenvalue weighted by Gasteiger charge is -2.36. The molecule has 2 heterocycles. The van der Waals surface area contributed by atoms with Crippen molar-refractivity contribution in [3.63, 3.8) is 0 Å². The Hall–Kier alpha value is -1.95. The summed E-state index contributed by atoms with van der Waals surface area (Å²) in [6.07, 6.45) is 4.43. The molecule has 25 heavy (non-hydrogen) atoms. The molecule has 1 saturated heterocycles. The van der Waals surface area contributed by atoms with Crippen LogP contribution < -0.4 is 20.1 Å². The first kappa shape index (κ1) is 16.5. The third-order valence-electron chi connectivity index (χ3n) is 5.24. The Kier molecular flexibility index (Phi) is 4.70. The fourth-order valence-corrected chi connectivity index (χ4v) is 3.50. The Labute approximate surface area is 148 Å². The van der Waals surface area contributed by atoms with Crippen molar-refractivity contribution in [1.29, 1.82) is 0 Å². The second-order valence-electron chi connectivity index (χ2n) is 7.07. The van der Waals surface area contributed by atoms with Gasteiger partial charge in [-0.15, -0.1) is 0 Å². The van der Waals surface area contributed by atoms with E-state index in [1.807, 2.05) is 6.07 Å². The maximum Gasteiger partial charge on any atom is 0.231 e. The zero-order chi connectivity index (χ0) is 17.1. The van der Waals surface area contributed by atoms with Crippen molar-refractivity contribution in [2.75, 3.05) is 33.1 Å². The number of hydrogen-bond acceptors (Lipinski definition) is 4. The number of rotatable bonds is 5. The molecule has 6 nitrogen and oxygen atoms in total. The number of guanidine groups is 1. The van der Waals surface area contributed by atoms with Crippen molar-refractivity contribution in [1.82, 2.24) is 10.6 Å². The molecule has 0 atom stereocenters. The molecule has 0 unspecified atom stereocenters. The van der Waals surface area contributed by atoms with Gasteiger partial charge in [-0.2, -0.15) is 0 Å². The number of nitrogens with zero attached hydrogens (tertiary/aromatic N) is 1. The van der Waals surface area contributed by atoms with Gasteiger partial charge in [-0.05, 0) is 50.3 Å². The molecule has 3 aliphatic rings. The van der Waals surface area contributed by atoms with E-state index < -0.39 is 0 Å². The summed E-state index contributed by atoms with van der Waals surface area (Å²) in [7, 11) is 0. The molecule has 2 fully saturated rings. The van der Waals surface area contributed by atoms with E-state index in [1.165, 1.54) is 18.4 Å². The first-order valence-corrected chi connectivity index (χ1v) is 9.32. The summed E-state index contributed by atoms with van der Waals surface area (Å²) in [4.78, 5) is 4.93. The Morgan fingerprint density at radius 3 is 2.76 bits per heavy atom. The predicted molar refractivity (Wildman–Crippen MR) is 96.4 cm³/mol. The monoisotopic (exact) mass is 345 g/mol. The first-order chi connectivity index (χ1) is 12.3. The van der Waals surface area contributed by atoms with Gasteiger partial charge in [0.1, 0.15) is 0 Å². The van der Waals surface area contributed by atoms with E-state index in [2.05, 4.69) is 29.7 Å². The molecule has 0 bridgehead atoms. The van der Waals surface area contributed by atoms with E-state index in [-0.39, 0.29) is 5.41 Å². The summed E-state index contributed by atoms with van der Waals surface area (Å²) in [6, 6.07) is 6.90. The van der Waals surface area contributed by atoms with Gasteiger partial charge in [0.2, 0.25) is 6.79 Å². The topological polar surface area (TPSA) is 64.1 Å². The van der Waals surface area contributed by atoms with Gasteiger partial charge in [0.15, 0.2) is 17.5 Å². The van der Waals surface area contributed by atoms with E-state index in [0.29, 0.717) is 12.8 Å². The van der Waals surface area contributed by atoms with Crippen LogP contribution in [0.4, 0.5) is 0 Å². The van der Waals surface area contributed by atoms with Crippen LogP contribution in [0.1, 0.15) is 38.2 Å². The molecule has 0 aromatic heterocycles. The van der Waals surface area contributed by atoms with Gasteiger partial charge in [0, 0.05) is 31.2 Å². The van der Waals surface area contributed by atoms with Crippen molar-refractivity contribution in [2.45, 2.75) is 44.1 Å². The average Bonchev–Trinajstić information content (AvgIpc) is 3.33. The van der Waals surface area contributed by atoms with Crippen molar-refractivity contribution < 1.29 is 14.2 Å². The van der Waals surface area contributed by atoms with Crippen LogP contribution in [-0.2, 0) is 10.2 Å². The maximum atomic E-state index is 5.63. The van der Waals surface area contributed by atoms with Gasteiger partial charge >= 0.3 is 0 Å². The SMILES string of the molecule is CCNC(=NCC1(c2ccc3c(c2)OCO3)CCOCC1)NC1CC1. The minimum atomic E-state index is -0.00880. The minimum Gasteiger partial charge on any atom is -0.454 e. The molecule has 1 aliphatic carbocycles. The lowest BCUT2D eigenvalue weighted by atomic mass is 9.74. The third kappa shape index (κ3) is 3.68. The molecule has 6 heteroatoms. The smallest absolute Gasteiger partial charge is 0.231 e. The second kappa shape index (κ2) is 7.12. The molecule has 1 aromatic carbocycles. The van der Waals surface area contributed by atoms with Gasteiger partial charge in [-0.1, -0.05) is 6.07 Å². The Morgan fingerprint density at radius 1 is 1.20 bits per heavy atom. The number of hydrogen-bond donors (Lipinski definition) is 2. The van der Waals surface area contributed by atoms with Crippen molar-refractivity contribution in [3.8, 4) is 11.5 Å². The molecule has 136 valence electrons. The zero-order valence-corrected chi connectivity index (χ0v) is 14.8. The predicted octanol–water partition coefficient (Wildman–Crippen LogP) is 2.18. The number of fused-ring (bicyclic) bond motifs is 1. The maximum absolute atomic E-state index is 5.63. The largest absolute Gasteiger partial charge is 0.454 e. The van der Waals surface area contributed by atoms with Crippen LogP contribution in [0.15, 0.2) is 23.2 Å². The summed E-state index contributed by atoms with van der Waals surface area (Å²) in [5, 5.41) is 6.87. The average molecular weight is 345 g/mol. The van der Waals surface area contributed by atoms with E-state index in [9.17, 15) is 0 Å². The summed E-state index contributed by atoms with van der Waals surface area (Å²) in [5.74, 6) is 2.60. The van der Waals surface area contributed by atoms with Gasteiger partial charge in [-0.25, -0.2) is 0 Å². The van der Waals surface area contributed by atoms with Gasteiger partial charge < -0.3 is 24.8 Å². The first-order valence-electron chi connectivity index (χ1n) is 9.32. The third-order valence-corrected chi connectivity index (χ3v) is 5.24. The van der Waals surface area contributed by atoms with Crippen molar-refractivity contribution in [2.24, 2.45) is 4.99 Å². The highest BCUT2D eigenvalue weighted by atomic mass is 16.7. The minimum absolute atomic E-state index is 0.00880. The van der Waals surface area contributed by atoms with Gasteiger partial charge in [0.25, 0.3) is 0 Å². The fourth-order valence-electron chi connectivity index (χ4n) is 3.50. The quantitative estimate of drug-likeness (QED) is 0.633. The summed E-state index contributed by atoms with van der Waals surface area (Å²) < 4.78 is 16.7. The van der Waals surface area contributed by atoms with Crippen LogP contribution in [0.25, 0.3) is 0 Å². The summed E-state index contributed by atoms with van der Waals surface area (Å²) in [5.41, 5.74) is 1.26. The van der Waals surface area contributed by atoms with E-state index >= 15 is 0 Å². The normalized spacial score (nSPS) is 21.9. The van der Waals surface area contributed by atoms with Crippen LogP contribution in [0.3, 0.4) is 0 Å². The van der Waals surface area contributed by atoms with E-state index in [1.54, 1.807) is 0 Å². The van der Waals surface area contributed by atoms with Crippen LogP contribution in [-0.4, -0.2) is 45.1 Å². The van der Waals surface area contributed by atoms with Crippen LogP contribution in [0.2, 0.25) is 0 Å². The van der Waals surface area contributed by atoms with Crippen molar-refractivity contribution in [3.05, 3.63) is 23.8 Å². The zero-order valence-electron chi connectivity index (χ0n) is 14.8. The Morgan fingerprint density at radius 2 is 2.00 bits per heavy atom. The molecule has 1 aromatic rings. The highest BCUT2D eigenvalue weighted by molar-refractivity contribution is 5.80. The Balaban J connectivity index is 1.58. The number of aliphatic imine (C=N–C) groups is 1. The molecular weight excluding hydrogens is 318 g/mol. The van der Waals surface area contributed by atoms with E-state index in [4.69, 9.17) is 19.2 Å². The summed E-state index contributed by atoms with van der Waals surface area (Å²) >= 11 is 0. The molecule has 0 spiro atoms. The van der Waals surface area contributed by atoms with Gasteiger partial charge in [0.05, 0.1) is 6.54 Å².